The number of nitrogens with one attached hydrogen (secondary N) is 1. The molecule has 1 aromatic heterocycles. The van der Waals surface area contributed by atoms with Crippen LogP contribution in [0.3, 0.4) is 0 Å². The topological polar surface area (TPSA) is 29.9 Å². The lowest BCUT2D eigenvalue weighted by atomic mass is 9.96. The van der Waals surface area contributed by atoms with Crippen molar-refractivity contribution in [3.63, 3.8) is 0 Å². The SMILES string of the molecule is CNC(c1ccccc1)C(Sc1cc(C)nn1C)C(C)C. The van der Waals surface area contributed by atoms with Gasteiger partial charge >= 0.3 is 0 Å². The van der Waals surface area contributed by atoms with Gasteiger partial charge in [-0.05, 0) is 31.5 Å². The van der Waals surface area contributed by atoms with Crippen LogP contribution in [0.2, 0.25) is 0 Å². The maximum atomic E-state index is 4.46. The second-order valence-corrected chi connectivity index (χ2v) is 6.95. The molecule has 0 spiro atoms. The molecular weight excluding hydrogens is 278 g/mol. The van der Waals surface area contributed by atoms with Gasteiger partial charge in [-0.1, -0.05) is 44.2 Å². The van der Waals surface area contributed by atoms with Crippen molar-refractivity contribution in [3.05, 3.63) is 47.7 Å². The van der Waals surface area contributed by atoms with Crippen LogP contribution < -0.4 is 5.32 Å². The van der Waals surface area contributed by atoms with E-state index in [9.17, 15) is 0 Å². The third-order valence-corrected chi connectivity index (χ3v) is 5.38. The highest BCUT2D eigenvalue weighted by molar-refractivity contribution is 7.99. The van der Waals surface area contributed by atoms with Gasteiger partial charge in [-0.25, -0.2) is 0 Å². The molecule has 21 heavy (non-hydrogen) atoms. The summed E-state index contributed by atoms with van der Waals surface area (Å²) in [7, 11) is 4.06. The molecule has 2 unspecified atom stereocenters. The Bertz CT molecular complexity index is 563. The van der Waals surface area contributed by atoms with Gasteiger partial charge in [-0.3, -0.25) is 4.68 Å². The zero-order valence-electron chi connectivity index (χ0n) is 13.5. The van der Waals surface area contributed by atoms with Gasteiger partial charge in [0.05, 0.1) is 10.7 Å². The fourth-order valence-electron chi connectivity index (χ4n) is 2.61. The van der Waals surface area contributed by atoms with Crippen LogP contribution in [0.5, 0.6) is 0 Å². The van der Waals surface area contributed by atoms with Gasteiger partial charge < -0.3 is 5.32 Å². The predicted molar refractivity (Wildman–Crippen MR) is 90.7 cm³/mol. The molecule has 0 amide bonds. The average molecular weight is 303 g/mol. The first kappa shape index (κ1) is 16.1. The third-order valence-electron chi connectivity index (χ3n) is 3.67. The Labute approximate surface area is 132 Å². The molecule has 114 valence electrons. The molecule has 0 aliphatic heterocycles. The number of aromatic nitrogens is 2. The lowest BCUT2D eigenvalue weighted by Gasteiger charge is -2.30. The molecular formula is C17H25N3S. The third kappa shape index (κ3) is 3.89. The van der Waals surface area contributed by atoms with Crippen molar-refractivity contribution in [1.29, 1.82) is 0 Å². The van der Waals surface area contributed by atoms with Crippen LogP contribution in [-0.4, -0.2) is 22.1 Å². The van der Waals surface area contributed by atoms with E-state index in [1.165, 1.54) is 10.6 Å². The van der Waals surface area contributed by atoms with E-state index in [2.05, 4.69) is 60.7 Å². The van der Waals surface area contributed by atoms with Crippen molar-refractivity contribution < 1.29 is 0 Å². The van der Waals surface area contributed by atoms with E-state index in [1.807, 2.05) is 37.5 Å². The Morgan fingerprint density at radius 1 is 1.19 bits per heavy atom. The molecule has 3 nitrogen and oxygen atoms in total. The van der Waals surface area contributed by atoms with Crippen LogP contribution >= 0.6 is 11.8 Å². The summed E-state index contributed by atoms with van der Waals surface area (Å²) in [6.45, 7) is 6.61. The average Bonchev–Trinajstić information content (AvgIpc) is 2.77. The van der Waals surface area contributed by atoms with E-state index in [1.54, 1.807) is 0 Å². The first-order chi connectivity index (χ1) is 10.0. The van der Waals surface area contributed by atoms with Crippen LogP contribution in [0.15, 0.2) is 41.4 Å². The fraction of sp³-hybridized carbons (Fsp3) is 0.471. The highest BCUT2D eigenvalue weighted by atomic mass is 32.2. The molecule has 1 N–H and O–H groups in total. The Balaban J connectivity index is 2.27. The van der Waals surface area contributed by atoms with Crippen molar-refractivity contribution in [2.45, 2.75) is 37.1 Å². The first-order valence-electron chi connectivity index (χ1n) is 7.42. The molecule has 2 atom stereocenters. The van der Waals surface area contributed by atoms with E-state index in [0.29, 0.717) is 17.2 Å². The predicted octanol–water partition coefficient (Wildman–Crippen LogP) is 3.81. The molecule has 0 aliphatic rings. The Morgan fingerprint density at radius 2 is 1.86 bits per heavy atom. The Kier molecular flexibility index (Phi) is 5.48. The monoisotopic (exact) mass is 303 g/mol. The summed E-state index contributed by atoms with van der Waals surface area (Å²) in [6, 6.07) is 13.2. The summed E-state index contributed by atoms with van der Waals surface area (Å²) in [6.07, 6.45) is 0. The van der Waals surface area contributed by atoms with E-state index in [4.69, 9.17) is 0 Å². The van der Waals surface area contributed by atoms with Crippen LogP contribution in [0.25, 0.3) is 0 Å². The van der Waals surface area contributed by atoms with E-state index >= 15 is 0 Å². The number of hydrogen-bond donors (Lipinski definition) is 1. The van der Waals surface area contributed by atoms with Crippen LogP contribution in [0.4, 0.5) is 0 Å². The highest BCUT2D eigenvalue weighted by Gasteiger charge is 2.26. The van der Waals surface area contributed by atoms with Gasteiger partial charge in [0.15, 0.2) is 0 Å². The first-order valence-corrected chi connectivity index (χ1v) is 8.30. The largest absolute Gasteiger partial charge is 0.312 e. The molecule has 4 heteroatoms. The number of thioether (sulfide) groups is 1. The van der Waals surface area contributed by atoms with E-state index in [0.717, 1.165) is 5.69 Å². The molecule has 0 aliphatic carbocycles. The summed E-state index contributed by atoms with van der Waals surface area (Å²) in [5, 5.41) is 9.63. The van der Waals surface area contributed by atoms with Crippen LogP contribution in [0.1, 0.15) is 31.1 Å². The lowest BCUT2D eigenvalue weighted by molar-refractivity contribution is 0.471. The summed E-state index contributed by atoms with van der Waals surface area (Å²) in [5.41, 5.74) is 2.41. The lowest BCUT2D eigenvalue weighted by Crippen LogP contribution is -2.31. The molecule has 2 rings (SSSR count). The van der Waals surface area contributed by atoms with Gasteiger partial charge in [0.2, 0.25) is 0 Å². The van der Waals surface area contributed by atoms with Crippen molar-refractivity contribution in [2.75, 3.05) is 7.05 Å². The van der Waals surface area contributed by atoms with Crippen molar-refractivity contribution in [3.8, 4) is 0 Å². The van der Waals surface area contributed by atoms with Crippen LogP contribution in [-0.2, 0) is 7.05 Å². The highest BCUT2D eigenvalue weighted by Crippen LogP contribution is 2.36. The molecule has 0 radical (unpaired) electrons. The minimum atomic E-state index is 0.325. The second kappa shape index (κ2) is 7.14. The van der Waals surface area contributed by atoms with E-state index < -0.39 is 0 Å². The molecule has 0 saturated carbocycles. The minimum Gasteiger partial charge on any atom is -0.312 e. The summed E-state index contributed by atoms with van der Waals surface area (Å²) in [4.78, 5) is 0. The summed E-state index contributed by atoms with van der Waals surface area (Å²) in [5.74, 6) is 0.558. The minimum absolute atomic E-state index is 0.325. The molecule has 2 aromatic rings. The second-order valence-electron chi connectivity index (χ2n) is 5.75. The van der Waals surface area contributed by atoms with Gasteiger partial charge in [0.25, 0.3) is 0 Å². The number of aryl methyl sites for hydroxylation is 2. The van der Waals surface area contributed by atoms with Crippen molar-refractivity contribution in [2.24, 2.45) is 13.0 Å². The molecule has 0 bridgehead atoms. The standard InChI is InChI=1S/C17H25N3S/c1-12(2)17(21-15-11-13(3)19-20(15)5)16(18-4)14-9-7-6-8-10-14/h6-12,16-18H,1-5H3. The van der Waals surface area contributed by atoms with Gasteiger partial charge in [-0.2, -0.15) is 5.10 Å². The summed E-state index contributed by atoms with van der Waals surface area (Å²) < 4.78 is 1.98. The molecule has 1 heterocycles. The zero-order valence-corrected chi connectivity index (χ0v) is 14.3. The number of hydrogen-bond acceptors (Lipinski definition) is 3. The van der Waals surface area contributed by atoms with Crippen molar-refractivity contribution >= 4 is 11.8 Å². The summed E-state index contributed by atoms with van der Waals surface area (Å²) >= 11 is 1.91. The van der Waals surface area contributed by atoms with Crippen molar-refractivity contribution in [1.82, 2.24) is 15.1 Å². The maximum Gasteiger partial charge on any atom is 0.0942 e. The quantitative estimate of drug-likeness (QED) is 0.823. The van der Waals surface area contributed by atoms with Gasteiger partial charge in [-0.15, -0.1) is 11.8 Å². The Morgan fingerprint density at radius 3 is 2.33 bits per heavy atom. The molecule has 0 saturated heterocycles. The smallest absolute Gasteiger partial charge is 0.0942 e. The van der Waals surface area contributed by atoms with E-state index in [-0.39, 0.29) is 0 Å². The molecule has 1 aromatic carbocycles. The maximum absolute atomic E-state index is 4.46. The number of nitrogens with zero attached hydrogens (tertiary/aromatic N) is 2. The number of benzene rings is 1. The fourth-order valence-corrected chi connectivity index (χ4v) is 4.02. The Hall–Kier alpha value is -1.26. The zero-order chi connectivity index (χ0) is 15.4. The van der Waals surface area contributed by atoms with Gasteiger partial charge in [0.1, 0.15) is 0 Å². The van der Waals surface area contributed by atoms with Gasteiger partial charge in [0, 0.05) is 18.3 Å². The van der Waals surface area contributed by atoms with Crippen LogP contribution in [0, 0.1) is 12.8 Å². The normalized spacial score (nSPS) is 14.4. The molecule has 0 fully saturated rings. The number of rotatable bonds is 6.